The maximum Gasteiger partial charge on any atom is 0.231 e. The Morgan fingerprint density at radius 1 is 1.11 bits per heavy atom. The third kappa shape index (κ3) is 2.78. The molecule has 0 unspecified atom stereocenters. The molecule has 0 bridgehead atoms. The summed E-state index contributed by atoms with van der Waals surface area (Å²) in [6.45, 7) is 0. The zero-order chi connectivity index (χ0) is 13.0. The second-order valence-electron chi connectivity index (χ2n) is 3.27. The van der Waals surface area contributed by atoms with Gasteiger partial charge in [-0.25, -0.2) is 9.97 Å². The van der Waals surface area contributed by atoms with Crippen LogP contribution in [0.25, 0.3) is 0 Å². The number of nitrogens with one attached hydrogen (secondary N) is 1. The molecule has 0 atom stereocenters. The molecule has 0 saturated carbocycles. The number of ether oxygens (including phenoxy) is 2. The van der Waals surface area contributed by atoms with Crippen molar-refractivity contribution in [3.05, 3.63) is 29.8 Å². The maximum absolute atomic E-state index is 5.67. The molecule has 6 nitrogen and oxygen atoms in total. The molecule has 0 fully saturated rings. The molecular formula is C11H11ClN4O2. The van der Waals surface area contributed by atoms with E-state index in [-0.39, 0.29) is 5.28 Å². The van der Waals surface area contributed by atoms with Gasteiger partial charge in [0, 0.05) is 11.8 Å². The van der Waals surface area contributed by atoms with Gasteiger partial charge in [0.25, 0.3) is 0 Å². The Kier molecular flexibility index (Phi) is 3.78. The fraction of sp³-hybridized carbons (Fsp3) is 0.182. The van der Waals surface area contributed by atoms with Gasteiger partial charge in [-0.05, 0) is 23.7 Å². The van der Waals surface area contributed by atoms with Crippen molar-refractivity contribution < 1.29 is 9.47 Å². The summed E-state index contributed by atoms with van der Waals surface area (Å²) in [5.74, 6) is 1.63. The summed E-state index contributed by atoms with van der Waals surface area (Å²) in [6, 6.07) is 5.37. The molecule has 18 heavy (non-hydrogen) atoms. The molecule has 0 aliphatic rings. The van der Waals surface area contributed by atoms with Crippen LogP contribution in [0.5, 0.6) is 11.5 Å². The fourth-order valence-electron chi connectivity index (χ4n) is 1.38. The Morgan fingerprint density at radius 3 is 2.56 bits per heavy atom. The van der Waals surface area contributed by atoms with Gasteiger partial charge in [-0.15, -0.1) is 0 Å². The third-order valence-corrected chi connectivity index (χ3v) is 2.36. The number of rotatable bonds is 4. The van der Waals surface area contributed by atoms with E-state index in [4.69, 9.17) is 21.1 Å². The summed E-state index contributed by atoms with van der Waals surface area (Å²) in [7, 11) is 3.15. The van der Waals surface area contributed by atoms with E-state index in [0.29, 0.717) is 17.4 Å². The van der Waals surface area contributed by atoms with Gasteiger partial charge in [0.2, 0.25) is 11.2 Å². The van der Waals surface area contributed by atoms with Crippen LogP contribution < -0.4 is 14.8 Å². The summed E-state index contributed by atoms with van der Waals surface area (Å²) in [5, 5.41) is 3.12. The van der Waals surface area contributed by atoms with Gasteiger partial charge in [0.15, 0.2) is 11.5 Å². The first-order chi connectivity index (χ1) is 8.72. The molecule has 1 N–H and O–H groups in total. The molecule has 7 heteroatoms. The number of benzene rings is 1. The molecule has 0 aliphatic heterocycles. The van der Waals surface area contributed by atoms with Crippen LogP contribution in [0.3, 0.4) is 0 Å². The highest BCUT2D eigenvalue weighted by Crippen LogP contribution is 2.30. The minimum atomic E-state index is 0.132. The van der Waals surface area contributed by atoms with E-state index in [1.54, 1.807) is 26.4 Å². The van der Waals surface area contributed by atoms with E-state index < -0.39 is 0 Å². The van der Waals surface area contributed by atoms with E-state index >= 15 is 0 Å². The molecule has 0 saturated heterocycles. The number of hydrogen-bond acceptors (Lipinski definition) is 6. The number of nitrogens with zero attached hydrogens (tertiary/aromatic N) is 3. The first-order valence-electron chi connectivity index (χ1n) is 5.06. The Labute approximate surface area is 109 Å². The van der Waals surface area contributed by atoms with Crippen LogP contribution in [0, 0.1) is 0 Å². The van der Waals surface area contributed by atoms with E-state index in [1.165, 1.54) is 6.33 Å². The summed E-state index contributed by atoms with van der Waals surface area (Å²) in [4.78, 5) is 11.6. The van der Waals surface area contributed by atoms with Crippen molar-refractivity contribution in [1.82, 2.24) is 15.0 Å². The highest BCUT2D eigenvalue weighted by Gasteiger charge is 2.05. The van der Waals surface area contributed by atoms with Crippen LogP contribution >= 0.6 is 11.6 Å². The molecule has 0 spiro atoms. The first kappa shape index (κ1) is 12.4. The largest absolute Gasteiger partial charge is 0.493 e. The normalized spacial score (nSPS) is 9.94. The van der Waals surface area contributed by atoms with Gasteiger partial charge < -0.3 is 14.8 Å². The topological polar surface area (TPSA) is 69.2 Å². The molecule has 2 aromatic rings. The average molecular weight is 267 g/mol. The Hall–Kier alpha value is -2.08. The van der Waals surface area contributed by atoms with Gasteiger partial charge in [0.05, 0.1) is 14.2 Å². The Balaban J connectivity index is 2.24. The molecule has 1 heterocycles. The van der Waals surface area contributed by atoms with Gasteiger partial charge >= 0.3 is 0 Å². The molecule has 0 radical (unpaired) electrons. The molecule has 94 valence electrons. The Morgan fingerprint density at radius 2 is 1.89 bits per heavy atom. The summed E-state index contributed by atoms with van der Waals surface area (Å²) in [6.07, 6.45) is 1.33. The van der Waals surface area contributed by atoms with Crippen LogP contribution in [0.4, 0.5) is 11.6 Å². The lowest BCUT2D eigenvalue weighted by Crippen LogP contribution is -1.99. The standard InChI is InChI=1S/C11H11ClN4O2/c1-17-8-4-3-7(5-9(8)18-2)15-11-14-6-13-10(12)16-11/h3-6H,1-2H3,(H,13,14,15,16). The van der Waals surface area contributed by atoms with Crippen molar-refractivity contribution in [2.24, 2.45) is 0 Å². The predicted octanol–water partition coefficient (Wildman–Crippen LogP) is 2.29. The third-order valence-electron chi connectivity index (χ3n) is 2.18. The van der Waals surface area contributed by atoms with Crippen LogP contribution in [0.1, 0.15) is 0 Å². The highest BCUT2D eigenvalue weighted by atomic mass is 35.5. The van der Waals surface area contributed by atoms with Gasteiger partial charge in [0.1, 0.15) is 6.33 Å². The number of halogens is 1. The summed E-state index contributed by atoms with van der Waals surface area (Å²) in [5.41, 5.74) is 0.759. The second kappa shape index (κ2) is 5.50. The number of anilines is 2. The van der Waals surface area contributed by atoms with Crippen molar-refractivity contribution in [2.45, 2.75) is 0 Å². The van der Waals surface area contributed by atoms with Gasteiger partial charge in [-0.3, -0.25) is 0 Å². The van der Waals surface area contributed by atoms with Crippen LogP contribution in [0.15, 0.2) is 24.5 Å². The molecule has 0 aliphatic carbocycles. The minimum Gasteiger partial charge on any atom is -0.493 e. The molecular weight excluding hydrogens is 256 g/mol. The fourth-order valence-corrected chi connectivity index (χ4v) is 1.50. The lowest BCUT2D eigenvalue weighted by Gasteiger charge is -2.10. The molecule has 1 aromatic heterocycles. The van der Waals surface area contributed by atoms with Crippen molar-refractivity contribution in [3.63, 3.8) is 0 Å². The lowest BCUT2D eigenvalue weighted by molar-refractivity contribution is 0.355. The zero-order valence-corrected chi connectivity index (χ0v) is 10.6. The summed E-state index contributed by atoms with van der Waals surface area (Å²) < 4.78 is 10.3. The van der Waals surface area contributed by atoms with Gasteiger partial charge in [-0.1, -0.05) is 0 Å². The monoisotopic (exact) mass is 266 g/mol. The SMILES string of the molecule is COc1ccc(Nc2ncnc(Cl)n2)cc1OC. The van der Waals surface area contributed by atoms with Crippen molar-refractivity contribution >= 4 is 23.2 Å². The zero-order valence-electron chi connectivity index (χ0n) is 9.85. The van der Waals surface area contributed by atoms with Gasteiger partial charge in [-0.2, -0.15) is 4.98 Å². The van der Waals surface area contributed by atoms with E-state index in [9.17, 15) is 0 Å². The molecule has 0 amide bonds. The van der Waals surface area contributed by atoms with Crippen LogP contribution in [-0.2, 0) is 0 Å². The van der Waals surface area contributed by atoms with Crippen molar-refractivity contribution in [2.75, 3.05) is 19.5 Å². The number of aromatic nitrogens is 3. The predicted molar refractivity (Wildman–Crippen MR) is 67.7 cm³/mol. The maximum atomic E-state index is 5.67. The van der Waals surface area contributed by atoms with E-state index in [2.05, 4.69) is 20.3 Å². The van der Waals surface area contributed by atoms with Crippen molar-refractivity contribution in [1.29, 1.82) is 0 Å². The smallest absolute Gasteiger partial charge is 0.231 e. The van der Waals surface area contributed by atoms with Crippen LogP contribution in [0.2, 0.25) is 5.28 Å². The number of hydrogen-bond donors (Lipinski definition) is 1. The minimum absolute atomic E-state index is 0.132. The quantitative estimate of drug-likeness (QED) is 0.916. The number of methoxy groups -OCH3 is 2. The van der Waals surface area contributed by atoms with Crippen LogP contribution in [-0.4, -0.2) is 29.2 Å². The van der Waals surface area contributed by atoms with Crippen molar-refractivity contribution in [3.8, 4) is 11.5 Å². The van der Waals surface area contributed by atoms with E-state index in [0.717, 1.165) is 5.69 Å². The molecule has 1 aromatic carbocycles. The second-order valence-corrected chi connectivity index (χ2v) is 3.61. The Bertz CT molecular complexity index is 550. The van der Waals surface area contributed by atoms with E-state index in [1.807, 2.05) is 6.07 Å². The average Bonchev–Trinajstić information content (AvgIpc) is 2.38. The first-order valence-corrected chi connectivity index (χ1v) is 5.44. The highest BCUT2D eigenvalue weighted by molar-refractivity contribution is 6.28. The molecule has 2 rings (SSSR count). The lowest BCUT2D eigenvalue weighted by atomic mass is 10.3. The summed E-state index contributed by atoms with van der Waals surface area (Å²) >= 11 is 5.67.